The van der Waals surface area contributed by atoms with Gasteiger partial charge in [0.15, 0.2) is 5.76 Å². The molecule has 1 N–H and O–H groups in total. The Labute approximate surface area is 177 Å². The number of nitrogens with zero attached hydrogens (tertiary/aromatic N) is 1. The molecule has 0 aliphatic carbocycles. The Morgan fingerprint density at radius 2 is 1.90 bits per heavy atom. The van der Waals surface area contributed by atoms with Gasteiger partial charge >= 0.3 is 5.97 Å². The van der Waals surface area contributed by atoms with E-state index in [1.54, 1.807) is 12.1 Å². The van der Waals surface area contributed by atoms with Gasteiger partial charge in [0, 0.05) is 38.1 Å². The third-order valence-electron chi connectivity index (χ3n) is 5.73. The lowest BCUT2D eigenvalue weighted by Gasteiger charge is -2.37. The first-order chi connectivity index (χ1) is 14.6. The van der Waals surface area contributed by atoms with Gasteiger partial charge in [-0.3, -0.25) is 4.79 Å². The van der Waals surface area contributed by atoms with Gasteiger partial charge in [-0.2, -0.15) is 0 Å². The zero-order chi connectivity index (χ0) is 21.5. The van der Waals surface area contributed by atoms with Crippen LogP contribution in [-0.4, -0.2) is 61.6 Å². The van der Waals surface area contributed by atoms with Gasteiger partial charge in [-0.15, -0.1) is 0 Å². The van der Waals surface area contributed by atoms with Crippen LogP contribution in [0.2, 0.25) is 0 Å². The number of methoxy groups -OCH3 is 1. The fraction of sp³-hybridized carbons (Fsp3) is 0.565. The molecular weight excluding hydrogens is 386 g/mol. The first-order valence-electron chi connectivity index (χ1n) is 10.7. The van der Waals surface area contributed by atoms with Crippen LogP contribution in [0.15, 0.2) is 36.1 Å². The van der Waals surface area contributed by atoms with Crippen molar-refractivity contribution in [1.82, 2.24) is 4.90 Å². The molecule has 7 nitrogen and oxygen atoms in total. The molecule has 3 rings (SSSR count). The summed E-state index contributed by atoms with van der Waals surface area (Å²) in [4.78, 5) is 26.6. The molecular formula is C23H31NO6. The Hall–Kier alpha value is -2.38. The fourth-order valence-corrected chi connectivity index (χ4v) is 4.17. The molecule has 0 radical (unpaired) electrons. The van der Waals surface area contributed by atoms with E-state index in [0.717, 1.165) is 31.5 Å². The van der Waals surface area contributed by atoms with E-state index >= 15 is 0 Å². The molecule has 0 saturated carbocycles. The van der Waals surface area contributed by atoms with Gasteiger partial charge in [0.05, 0.1) is 12.7 Å². The van der Waals surface area contributed by atoms with E-state index in [4.69, 9.17) is 14.2 Å². The lowest BCUT2D eigenvalue weighted by Crippen LogP contribution is -2.39. The van der Waals surface area contributed by atoms with Crippen molar-refractivity contribution < 1.29 is 28.9 Å². The highest BCUT2D eigenvalue weighted by molar-refractivity contribution is 5.92. The summed E-state index contributed by atoms with van der Waals surface area (Å²) < 4.78 is 16.7. The quantitative estimate of drug-likeness (QED) is 0.655. The van der Waals surface area contributed by atoms with Crippen molar-refractivity contribution in [3.8, 4) is 0 Å². The van der Waals surface area contributed by atoms with E-state index in [1.165, 1.54) is 7.11 Å². The molecule has 1 aromatic carbocycles. The number of carbonyl (C=O) groups excluding carboxylic acids is 2. The van der Waals surface area contributed by atoms with E-state index in [1.807, 2.05) is 30.0 Å². The number of esters is 1. The number of hydrogen-bond donors (Lipinski definition) is 1. The number of likely N-dealkylation sites (tertiary alicyclic amines) is 1. The van der Waals surface area contributed by atoms with Crippen molar-refractivity contribution in [3.05, 3.63) is 47.2 Å². The van der Waals surface area contributed by atoms with Crippen LogP contribution in [0.4, 0.5) is 0 Å². The maximum atomic E-state index is 13.0. The van der Waals surface area contributed by atoms with Crippen LogP contribution in [0.1, 0.15) is 54.4 Å². The largest absolute Gasteiger partial charge is 0.465 e. The number of ether oxygens (including phenoxy) is 3. The summed E-state index contributed by atoms with van der Waals surface area (Å²) in [7, 11) is 1.35. The average Bonchev–Trinajstić information content (AvgIpc) is 3.32. The third kappa shape index (κ3) is 5.02. The minimum atomic E-state index is -0.571. The number of rotatable bonds is 8. The van der Waals surface area contributed by atoms with Gasteiger partial charge in [-0.1, -0.05) is 12.1 Å². The summed E-state index contributed by atoms with van der Waals surface area (Å²) in [6, 6.07) is 7.22. The van der Waals surface area contributed by atoms with Crippen LogP contribution in [-0.2, 0) is 19.0 Å². The molecule has 0 spiro atoms. The summed E-state index contributed by atoms with van der Waals surface area (Å²) in [5, 5.41) is 9.37. The Bertz CT molecular complexity index is 753. The molecule has 0 aromatic heterocycles. The number of hydrogen-bond acceptors (Lipinski definition) is 6. The van der Waals surface area contributed by atoms with Gasteiger partial charge in [-0.25, -0.2) is 4.79 Å². The number of amides is 1. The SMILES string of the molecule is CCO[C@H]1OC(C(=O)N2CCCC2)=C[C@@H](c2ccc(C(=O)OC)cc2)[C@H]1CCCO. The van der Waals surface area contributed by atoms with Gasteiger partial charge in [0.1, 0.15) is 0 Å². The van der Waals surface area contributed by atoms with E-state index < -0.39 is 12.3 Å². The van der Waals surface area contributed by atoms with Crippen LogP contribution in [0.3, 0.4) is 0 Å². The minimum absolute atomic E-state index is 0.0591. The lowest BCUT2D eigenvalue weighted by atomic mass is 9.80. The summed E-state index contributed by atoms with van der Waals surface area (Å²) in [6.45, 7) is 3.91. The van der Waals surface area contributed by atoms with Crippen molar-refractivity contribution in [2.75, 3.05) is 33.4 Å². The maximum Gasteiger partial charge on any atom is 0.337 e. The van der Waals surface area contributed by atoms with E-state index in [0.29, 0.717) is 30.8 Å². The van der Waals surface area contributed by atoms with Crippen molar-refractivity contribution in [2.24, 2.45) is 5.92 Å². The number of allylic oxidation sites excluding steroid dienone is 1. The van der Waals surface area contributed by atoms with Gasteiger partial charge in [0.25, 0.3) is 5.91 Å². The normalized spacial score (nSPS) is 23.6. The standard InChI is InChI=1S/C23H31NO6/c1-3-29-23-18(7-6-14-25)19(16-8-10-17(11-9-16)22(27)28-2)15-20(30-23)21(26)24-12-4-5-13-24/h8-11,15,18-19,23,25H,3-7,12-14H2,1-2H3/t18-,19+,23+/m1/s1. The highest BCUT2D eigenvalue weighted by Gasteiger charge is 2.39. The third-order valence-corrected chi connectivity index (χ3v) is 5.73. The highest BCUT2D eigenvalue weighted by atomic mass is 16.7. The molecule has 1 fully saturated rings. The van der Waals surface area contributed by atoms with Crippen molar-refractivity contribution in [1.29, 1.82) is 0 Å². The zero-order valence-electron chi connectivity index (χ0n) is 17.7. The minimum Gasteiger partial charge on any atom is -0.465 e. The molecule has 1 aromatic rings. The Kier molecular flexibility index (Phi) is 7.87. The smallest absolute Gasteiger partial charge is 0.337 e. The summed E-state index contributed by atoms with van der Waals surface area (Å²) in [5.41, 5.74) is 1.43. The first-order valence-corrected chi connectivity index (χ1v) is 10.7. The summed E-state index contributed by atoms with van der Waals surface area (Å²) >= 11 is 0. The van der Waals surface area contributed by atoms with Gasteiger partial charge in [-0.05, 0) is 56.4 Å². The topological polar surface area (TPSA) is 85.3 Å². The number of aliphatic hydroxyl groups excluding tert-OH is 1. The van der Waals surface area contributed by atoms with E-state index in [9.17, 15) is 14.7 Å². The van der Waals surface area contributed by atoms with Gasteiger partial charge in [0.2, 0.25) is 6.29 Å². The molecule has 0 bridgehead atoms. The summed E-state index contributed by atoms with van der Waals surface area (Å²) in [6.07, 6.45) is 4.62. The lowest BCUT2D eigenvalue weighted by molar-refractivity contribution is -0.170. The number of aliphatic hydroxyl groups is 1. The Morgan fingerprint density at radius 1 is 1.20 bits per heavy atom. The molecule has 1 saturated heterocycles. The second-order valence-corrected chi connectivity index (χ2v) is 7.64. The van der Waals surface area contributed by atoms with E-state index in [-0.39, 0.29) is 24.3 Å². The average molecular weight is 418 g/mol. The molecule has 0 unspecified atom stereocenters. The molecule has 164 valence electrons. The predicted octanol–water partition coefficient (Wildman–Crippen LogP) is 2.84. The zero-order valence-corrected chi connectivity index (χ0v) is 17.7. The Balaban J connectivity index is 1.94. The number of carbonyl (C=O) groups is 2. The van der Waals surface area contributed by atoms with Crippen LogP contribution >= 0.6 is 0 Å². The fourth-order valence-electron chi connectivity index (χ4n) is 4.17. The first kappa shape index (κ1) is 22.3. The molecule has 7 heteroatoms. The predicted molar refractivity (Wildman–Crippen MR) is 111 cm³/mol. The van der Waals surface area contributed by atoms with Crippen molar-refractivity contribution >= 4 is 11.9 Å². The van der Waals surface area contributed by atoms with Crippen molar-refractivity contribution in [3.63, 3.8) is 0 Å². The van der Waals surface area contributed by atoms with Crippen molar-refractivity contribution in [2.45, 2.75) is 44.8 Å². The van der Waals surface area contributed by atoms with Gasteiger partial charge < -0.3 is 24.2 Å². The molecule has 2 heterocycles. The summed E-state index contributed by atoms with van der Waals surface area (Å²) in [5.74, 6) is -0.365. The van der Waals surface area contributed by atoms with Crippen LogP contribution < -0.4 is 0 Å². The molecule has 30 heavy (non-hydrogen) atoms. The van der Waals surface area contributed by atoms with Crippen LogP contribution in [0, 0.1) is 5.92 Å². The maximum absolute atomic E-state index is 13.0. The highest BCUT2D eigenvalue weighted by Crippen LogP contribution is 2.40. The Morgan fingerprint density at radius 3 is 2.50 bits per heavy atom. The molecule has 2 aliphatic rings. The molecule has 1 amide bonds. The van der Waals surface area contributed by atoms with Crippen LogP contribution in [0.5, 0.6) is 0 Å². The monoisotopic (exact) mass is 417 g/mol. The second kappa shape index (κ2) is 10.6. The van der Waals surface area contributed by atoms with E-state index in [2.05, 4.69) is 0 Å². The second-order valence-electron chi connectivity index (χ2n) is 7.64. The molecule has 2 aliphatic heterocycles. The number of benzene rings is 1. The van der Waals surface area contributed by atoms with Crippen LogP contribution in [0.25, 0.3) is 0 Å². The molecule has 3 atom stereocenters.